The van der Waals surface area contributed by atoms with Gasteiger partial charge in [-0.3, -0.25) is 4.98 Å². The number of aromatic nitrogens is 2. The topological polar surface area (TPSA) is 29.0 Å². The van der Waals surface area contributed by atoms with Gasteiger partial charge in [-0.1, -0.05) is 23.4 Å². The average Bonchev–Trinajstić information content (AvgIpc) is 2.79. The van der Waals surface area contributed by atoms with Crippen LogP contribution >= 0.6 is 11.6 Å². The fourth-order valence-electron chi connectivity index (χ4n) is 2.94. The van der Waals surface area contributed by atoms with Crippen LogP contribution in [0.1, 0.15) is 43.0 Å². The van der Waals surface area contributed by atoms with E-state index < -0.39 is 0 Å². The van der Waals surface area contributed by atoms with Crippen molar-refractivity contribution in [1.29, 1.82) is 0 Å². The van der Waals surface area contributed by atoms with Gasteiger partial charge in [0.05, 0.1) is 0 Å². The summed E-state index contributed by atoms with van der Waals surface area (Å²) in [5.74, 6) is 6.71. The van der Waals surface area contributed by atoms with E-state index in [0.29, 0.717) is 11.1 Å². The molecule has 1 saturated heterocycles. The van der Waals surface area contributed by atoms with Crippen LogP contribution in [0.15, 0.2) is 36.7 Å². The van der Waals surface area contributed by atoms with E-state index >= 15 is 0 Å². The van der Waals surface area contributed by atoms with E-state index in [1.165, 1.54) is 0 Å². The Labute approximate surface area is 142 Å². The maximum absolute atomic E-state index is 5.86. The molecule has 3 nitrogen and oxygen atoms in total. The lowest BCUT2D eigenvalue weighted by atomic mass is 9.94. The molecule has 1 aliphatic heterocycles. The molecule has 0 amide bonds. The van der Waals surface area contributed by atoms with Crippen LogP contribution in [0.2, 0.25) is 5.15 Å². The summed E-state index contributed by atoms with van der Waals surface area (Å²) in [5.41, 5.74) is 3.16. The molecule has 1 fully saturated rings. The summed E-state index contributed by atoms with van der Waals surface area (Å²) in [6.45, 7) is 5.62. The fraction of sp³-hybridized carbons (Fsp3) is 0.368. The second kappa shape index (κ2) is 6.31. The Morgan fingerprint density at radius 3 is 2.57 bits per heavy atom. The van der Waals surface area contributed by atoms with Gasteiger partial charge in [-0.25, -0.2) is 4.98 Å². The first-order chi connectivity index (χ1) is 10.9. The first-order valence-electron chi connectivity index (χ1n) is 7.75. The molecule has 0 radical (unpaired) electrons. The van der Waals surface area contributed by atoms with Gasteiger partial charge in [0.1, 0.15) is 5.15 Å². The van der Waals surface area contributed by atoms with Gasteiger partial charge in [-0.05, 0) is 51.6 Å². The number of likely N-dealkylation sites (tertiary alicyclic amines) is 1. The van der Waals surface area contributed by atoms with E-state index in [1.54, 1.807) is 12.3 Å². The summed E-state index contributed by atoms with van der Waals surface area (Å²) < 4.78 is 0. The highest BCUT2D eigenvalue weighted by atomic mass is 35.5. The molecule has 3 rings (SSSR count). The Hall–Kier alpha value is -1.89. The number of nitrogens with zero attached hydrogens (tertiary/aromatic N) is 3. The summed E-state index contributed by atoms with van der Waals surface area (Å²) in [4.78, 5) is 11.0. The van der Waals surface area contributed by atoms with Crippen molar-refractivity contribution in [3.63, 3.8) is 0 Å². The van der Waals surface area contributed by atoms with Crippen LogP contribution < -0.4 is 0 Å². The molecule has 2 aromatic rings. The van der Waals surface area contributed by atoms with Crippen molar-refractivity contribution in [3.05, 3.63) is 58.6 Å². The molecule has 0 bridgehead atoms. The Morgan fingerprint density at radius 1 is 1.17 bits per heavy atom. The lowest BCUT2D eigenvalue weighted by Gasteiger charge is -2.26. The fourth-order valence-corrected chi connectivity index (χ4v) is 3.12. The molecule has 1 unspecified atom stereocenters. The van der Waals surface area contributed by atoms with Gasteiger partial charge in [0.25, 0.3) is 0 Å². The number of hydrogen-bond donors (Lipinski definition) is 0. The molecule has 0 saturated carbocycles. The van der Waals surface area contributed by atoms with E-state index in [9.17, 15) is 0 Å². The predicted octanol–water partition coefficient (Wildman–Crippen LogP) is 3.73. The third kappa shape index (κ3) is 3.72. The van der Waals surface area contributed by atoms with Crippen LogP contribution in [-0.2, 0) is 0 Å². The zero-order valence-electron chi connectivity index (χ0n) is 13.7. The molecule has 23 heavy (non-hydrogen) atoms. The Morgan fingerprint density at radius 2 is 1.96 bits per heavy atom. The highest BCUT2D eigenvalue weighted by Gasteiger charge is 2.36. The van der Waals surface area contributed by atoms with Crippen molar-refractivity contribution in [2.45, 2.75) is 31.7 Å². The SMILES string of the molecule is CN1CC(c2ccc(C#Cc3ccnc(Cl)c3)cn2)CC1(C)C. The van der Waals surface area contributed by atoms with Crippen molar-refractivity contribution < 1.29 is 0 Å². The molecule has 1 aliphatic rings. The summed E-state index contributed by atoms with van der Waals surface area (Å²) in [7, 11) is 2.18. The van der Waals surface area contributed by atoms with Crippen LogP contribution in [0.5, 0.6) is 0 Å². The zero-order valence-corrected chi connectivity index (χ0v) is 14.4. The molecule has 4 heteroatoms. The largest absolute Gasteiger partial charge is 0.301 e. The van der Waals surface area contributed by atoms with Gasteiger partial charge in [0.15, 0.2) is 0 Å². The van der Waals surface area contributed by atoms with Gasteiger partial charge in [0, 0.05) is 47.2 Å². The molecule has 0 N–H and O–H groups in total. The molecule has 2 aromatic heterocycles. The number of hydrogen-bond acceptors (Lipinski definition) is 3. The second-order valence-electron chi connectivity index (χ2n) is 6.68. The minimum Gasteiger partial charge on any atom is -0.301 e. The molecule has 118 valence electrons. The first-order valence-corrected chi connectivity index (χ1v) is 8.13. The number of pyridine rings is 2. The summed E-state index contributed by atoms with van der Waals surface area (Å²) in [6.07, 6.45) is 4.65. The van der Waals surface area contributed by atoms with Crippen LogP contribution in [-0.4, -0.2) is 34.0 Å². The molecule has 0 aliphatic carbocycles. The first kappa shape index (κ1) is 16.0. The van der Waals surface area contributed by atoms with Gasteiger partial charge >= 0.3 is 0 Å². The quantitative estimate of drug-likeness (QED) is 0.591. The predicted molar refractivity (Wildman–Crippen MR) is 93.5 cm³/mol. The van der Waals surface area contributed by atoms with E-state index in [2.05, 4.69) is 53.7 Å². The van der Waals surface area contributed by atoms with E-state index in [1.807, 2.05) is 18.3 Å². The Balaban J connectivity index is 1.74. The minimum atomic E-state index is 0.242. The van der Waals surface area contributed by atoms with Crippen molar-refractivity contribution in [1.82, 2.24) is 14.9 Å². The highest BCUT2D eigenvalue weighted by molar-refractivity contribution is 6.29. The number of likely N-dealkylation sites (N-methyl/N-ethyl adjacent to an activating group) is 1. The molecule has 0 spiro atoms. The van der Waals surface area contributed by atoms with Gasteiger partial charge in [-0.2, -0.15) is 0 Å². The van der Waals surface area contributed by atoms with E-state index in [0.717, 1.165) is 29.8 Å². The van der Waals surface area contributed by atoms with Crippen molar-refractivity contribution in [2.75, 3.05) is 13.6 Å². The molecule has 3 heterocycles. The molecule has 0 aromatic carbocycles. The third-order valence-corrected chi connectivity index (χ3v) is 4.76. The van der Waals surface area contributed by atoms with Crippen LogP contribution in [0.4, 0.5) is 0 Å². The number of halogens is 1. The third-order valence-electron chi connectivity index (χ3n) is 4.56. The molecular weight excluding hydrogens is 306 g/mol. The smallest absolute Gasteiger partial charge is 0.130 e. The van der Waals surface area contributed by atoms with Crippen LogP contribution in [0.3, 0.4) is 0 Å². The molecular formula is C19H20ClN3. The maximum Gasteiger partial charge on any atom is 0.130 e. The van der Waals surface area contributed by atoms with Crippen LogP contribution in [0.25, 0.3) is 0 Å². The van der Waals surface area contributed by atoms with Gasteiger partial charge < -0.3 is 4.90 Å². The monoisotopic (exact) mass is 325 g/mol. The summed E-state index contributed by atoms with van der Waals surface area (Å²) >= 11 is 5.86. The standard InChI is InChI=1S/C19H20ClN3/c1-19(2)11-16(13-23(19)3)17-7-6-15(12-22-17)5-4-14-8-9-21-18(20)10-14/h6-10,12,16H,11,13H2,1-3H3. The highest BCUT2D eigenvalue weighted by Crippen LogP contribution is 2.36. The second-order valence-corrected chi connectivity index (χ2v) is 7.07. The van der Waals surface area contributed by atoms with Gasteiger partial charge in [-0.15, -0.1) is 0 Å². The van der Waals surface area contributed by atoms with Gasteiger partial charge in [0.2, 0.25) is 0 Å². The summed E-state index contributed by atoms with van der Waals surface area (Å²) in [5, 5.41) is 0.457. The number of rotatable bonds is 1. The minimum absolute atomic E-state index is 0.242. The Kier molecular flexibility index (Phi) is 4.39. The Bertz CT molecular complexity index is 756. The maximum atomic E-state index is 5.86. The van der Waals surface area contributed by atoms with E-state index in [-0.39, 0.29) is 5.54 Å². The van der Waals surface area contributed by atoms with Crippen molar-refractivity contribution in [2.24, 2.45) is 0 Å². The lowest BCUT2D eigenvalue weighted by molar-refractivity contribution is 0.218. The lowest BCUT2D eigenvalue weighted by Crippen LogP contribution is -2.34. The summed E-state index contributed by atoms with van der Waals surface area (Å²) in [6, 6.07) is 7.75. The van der Waals surface area contributed by atoms with E-state index in [4.69, 9.17) is 11.6 Å². The zero-order chi connectivity index (χ0) is 16.4. The average molecular weight is 326 g/mol. The van der Waals surface area contributed by atoms with Crippen LogP contribution in [0, 0.1) is 11.8 Å². The van der Waals surface area contributed by atoms with Crippen molar-refractivity contribution in [3.8, 4) is 11.8 Å². The molecule has 1 atom stereocenters. The van der Waals surface area contributed by atoms with Crippen molar-refractivity contribution >= 4 is 11.6 Å². The normalized spacial score (nSPS) is 20.1.